The van der Waals surface area contributed by atoms with Gasteiger partial charge in [0.05, 0.1) is 11.9 Å². The summed E-state index contributed by atoms with van der Waals surface area (Å²) in [5.74, 6) is -0.295. The first-order valence-corrected chi connectivity index (χ1v) is 7.63. The molecule has 3 N–H and O–H groups in total. The quantitative estimate of drug-likeness (QED) is 0.522. The second-order valence-electron chi connectivity index (χ2n) is 5.41. The van der Waals surface area contributed by atoms with E-state index in [0.717, 1.165) is 11.1 Å². The fraction of sp³-hybridized carbons (Fsp3) is 0.125. The minimum Gasteiger partial charge on any atom is -0.378 e. The van der Waals surface area contributed by atoms with Gasteiger partial charge in [-0.15, -0.1) is 5.10 Å². The molecule has 3 rings (SSSR count). The SMILES string of the molecule is CC(/C=N/NC(=O)c1nnn(-c2nonc2N)c1C)=C\c1ccccc1. The molecule has 10 heteroatoms. The molecule has 132 valence electrons. The Morgan fingerprint density at radius 1 is 1.31 bits per heavy atom. The van der Waals surface area contributed by atoms with E-state index in [2.05, 4.69) is 35.8 Å². The van der Waals surface area contributed by atoms with Gasteiger partial charge >= 0.3 is 0 Å². The van der Waals surface area contributed by atoms with E-state index in [0.29, 0.717) is 5.69 Å². The molecule has 1 aromatic carbocycles. The van der Waals surface area contributed by atoms with Gasteiger partial charge in [-0.3, -0.25) is 4.79 Å². The van der Waals surface area contributed by atoms with Crippen molar-refractivity contribution in [3.63, 3.8) is 0 Å². The number of hydrogen-bond acceptors (Lipinski definition) is 8. The van der Waals surface area contributed by atoms with E-state index in [9.17, 15) is 4.79 Å². The Bertz CT molecular complexity index is 971. The summed E-state index contributed by atoms with van der Waals surface area (Å²) in [5, 5.41) is 18.7. The van der Waals surface area contributed by atoms with Crippen molar-refractivity contribution in [1.82, 2.24) is 30.7 Å². The van der Waals surface area contributed by atoms with Crippen LogP contribution in [0.1, 0.15) is 28.7 Å². The highest BCUT2D eigenvalue weighted by molar-refractivity contribution is 5.94. The molecule has 10 nitrogen and oxygen atoms in total. The predicted molar refractivity (Wildman–Crippen MR) is 94.4 cm³/mol. The highest BCUT2D eigenvalue weighted by Crippen LogP contribution is 2.14. The third kappa shape index (κ3) is 3.64. The average Bonchev–Trinajstić information content (AvgIpc) is 3.21. The molecule has 2 heterocycles. The number of carbonyl (C=O) groups is 1. The Labute approximate surface area is 148 Å². The van der Waals surface area contributed by atoms with Crippen molar-refractivity contribution in [2.75, 3.05) is 5.73 Å². The molecule has 0 aliphatic carbocycles. The lowest BCUT2D eigenvalue weighted by molar-refractivity contribution is 0.0949. The number of nitrogens with one attached hydrogen (secondary N) is 1. The van der Waals surface area contributed by atoms with Crippen molar-refractivity contribution < 1.29 is 9.42 Å². The van der Waals surface area contributed by atoms with Crippen LogP contribution in [-0.4, -0.2) is 37.4 Å². The predicted octanol–water partition coefficient (Wildman–Crippen LogP) is 1.36. The van der Waals surface area contributed by atoms with Gasteiger partial charge in [-0.05, 0) is 35.3 Å². The number of anilines is 1. The Hall–Kier alpha value is -3.82. The van der Waals surface area contributed by atoms with Gasteiger partial charge in [0.2, 0.25) is 11.6 Å². The Morgan fingerprint density at radius 3 is 2.77 bits per heavy atom. The molecule has 0 saturated heterocycles. The minimum atomic E-state index is -0.507. The van der Waals surface area contributed by atoms with Crippen LogP contribution >= 0.6 is 0 Å². The molecule has 0 atom stereocenters. The molecule has 3 aromatic rings. The molecule has 26 heavy (non-hydrogen) atoms. The highest BCUT2D eigenvalue weighted by Gasteiger charge is 2.20. The zero-order valence-corrected chi connectivity index (χ0v) is 14.1. The number of amides is 1. The minimum absolute atomic E-state index is 0.0460. The molecule has 0 fully saturated rings. The number of allylic oxidation sites excluding steroid dienone is 1. The Morgan fingerprint density at radius 2 is 2.08 bits per heavy atom. The van der Waals surface area contributed by atoms with E-state index in [-0.39, 0.29) is 17.3 Å². The van der Waals surface area contributed by atoms with Gasteiger partial charge in [-0.2, -0.15) is 9.78 Å². The van der Waals surface area contributed by atoms with E-state index in [1.807, 2.05) is 43.3 Å². The molecule has 1 amide bonds. The molecular weight excluding hydrogens is 336 g/mol. The van der Waals surface area contributed by atoms with Crippen molar-refractivity contribution in [1.29, 1.82) is 0 Å². The van der Waals surface area contributed by atoms with Gasteiger partial charge in [0.1, 0.15) is 0 Å². The first kappa shape index (κ1) is 17.0. The first-order valence-electron chi connectivity index (χ1n) is 7.63. The van der Waals surface area contributed by atoms with E-state index < -0.39 is 5.91 Å². The maximum atomic E-state index is 12.2. The van der Waals surface area contributed by atoms with Crippen molar-refractivity contribution in [2.24, 2.45) is 5.10 Å². The second-order valence-corrected chi connectivity index (χ2v) is 5.41. The maximum Gasteiger partial charge on any atom is 0.293 e. The van der Waals surface area contributed by atoms with Crippen LogP contribution in [0, 0.1) is 6.92 Å². The van der Waals surface area contributed by atoms with E-state index in [1.165, 1.54) is 4.68 Å². The van der Waals surface area contributed by atoms with Gasteiger partial charge in [0.25, 0.3) is 5.91 Å². The van der Waals surface area contributed by atoms with Crippen LogP contribution in [0.2, 0.25) is 0 Å². The zero-order valence-electron chi connectivity index (χ0n) is 14.1. The average molecular weight is 352 g/mol. The summed E-state index contributed by atoms with van der Waals surface area (Å²) in [7, 11) is 0. The van der Waals surface area contributed by atoms with Gasteiger partial charge in [0, 0.05) is 0 Å². The van der Waals surface area contributed by atoms with Crippen LogP contribution in [-0.2, 0) is 0 Å². The third-order valence-corrected chi connectivity index (χ3v) is 3.43. The summed E-state index contributed by atoms with van der Waals surface area (Å²) in [6.07, 6.45) is 3.49. The number of nitrogen functional groups attached to an aromatic ring is 1. The molecule has 0 aliphatic rings. The number of hydrogen-bond donors (Lipinski definition) is 2. The number of nitrogens with zero attached hydrogens (tertiary/aromatic N) is 6. The molecule has 0 aliphatic heterocycles. The van der Waals surface area contributed by atoms with Crippen molar-refractivity contribution in [3.05, 3.63) is 52.9 Å². The second kappa shape index (κ2) is 7.38. The summed E-state index contributed by atoms with van der Waals surface area (Å²) in [6, 6.07) is 9.78. The molecule has 0 bridgehead atoms. The number of nitrogens with two attached hydrogens (primary N) is 1. The fourth-order valence-corrected chi connectivity index (χ4v) is 2.17. The first-order chi connectivity index (χ1) is 12.6. The monoisotopic (exact) mass is 352 g/mol. The number of aromatic nitrogens is 5. The molecule has 0 radical (unpaired) electrons. The van der Waals surface area contributed by atoms with E-state index >= 15 is 0 Å². The van der Waals surface area contributed by atoms with Crippen LogP contribution in [0.5, 0.6) is 0 Å². The summed E-state index contributed by atoms with van der Waals surface area (Å²) in [6.45, 7) is 3.53. The van der Waals surface area contributed by atoms with Crippen LogP contribution in [0.3, 0.4) is 0 Å². The third-order valence-electron chi connectivity index (χ3n) is 3.43. The van der Waals surface area contributed by atoms with Crippen LogP contribution in [0.25, 0.3) is 11.9 Å². The van der Waals surface area contributed by atoms with Crippen molar-refractivity contribution >= 4 is 24.0 Å². The van der Waals surface area contributed by atoms with Crippen LogP contribution < -0.4 is 11.2 Å². The number of rotatable bonds is 5. The number of benzene rings is 1. The van der Waals surface area contributed by atoms with Crippen molar-refractivity contribution in [3.8, 4) is 5.82 Å². The van der Waals surface area contributed by atoms with Crippen LogP contribution in [0.15, 0.2) is 45.6 Å². The van der Waals surface area contributed by atoms with Gasteiger partial charge in [-0.25, -0.2) is 10.1 Å². The zero-order chi connectivity index (χ0) is 18.5. The molecular formula is C16H16N8O2. The summed E-state index contributed by atoms with van der Waals surface area (Å²) < 4.78 is 5.79. The highest BCUT2D eigenvalue weighted by atomic mass is 16.6. The van der Waals surface area contributed by atoms with Crippen LogP contribution in [0.4, 0.5) is 5.82 Å². The van der Waals surface area contributed by atoms with E-state index in [1.54, 1.807) is 13.1 Å². The lowest BCUT2D eigenvalue weighted by atomic mass is 10.1. The number of carbonyl (C=O) groups excluding carboxylic acids is 1. The molecule has 2 aromatic heterocycles. The topological polar surface area (TPSA) is 137 Å². The smallest absolute Gasteiger partial charge is 0.293 e. The molecule has 0 unspecified atom stereocenters. The normalized spacial score (nSPS) is 11.8. The van der Waals surface area contributed by atoms with E-state index in [4.69, 9.17) is 5.73 Å². The van der Waals surface area contributed by atoms with Crippen molar-refractivity contribution in [2.45, 2.75) is 13.8 Å². The standard InChI is InChI=1S/C16H16N8O2/c1-10(8-12-6-4-3-5-7-12)9-18-20-16(25)13-11(2)24(23-19-13)15-14(17)21-26-22-15/h3-9H,1-2H3,(H2,17,21)(H,20,25)/b10-8+,18-9+. The molecule has 0 saturated carbocycles. The molecule has 0 spiro atoms. The lowest BCUT2D eigenvalue weighted by Crippen LogP contribution is -2.19. The summed E-state index contributed by atoms with van der Waals surface area (Å²) in [4.78, 5) is 12.2. The Kier molecular flexibility index (Phi) is 4.83. The lowest BCUT2D eigenvalue weighted by Gasteiger charge is -1.99. The van der Waals surface area contributed by atoms with Gasteiger partial charge in [0.15, 0.2) is 5.69 Å². The summed E-state index contributed by atoms with van der Waals surface area (Å²) in [5.41, 5.74) is 10.5. The Balaban J connectivity index is 1.68. The van der Waals surface area contributed by atoms with Gasteiger partial charge < -0.3 is 5.73 Å². The largest absolute Gasteiger partial charge is 0.378 e. The maximum absolute atomic E-state index is 12.2. The fourth-order valence-electron chi connectivity index (χ4n) is 2.17. The summed E-state index contributed by atoms with van der Waals surface area (Å²) >= 11 is 0. The van der Waals surface area contributed by atoms with Gasteiger partial charge in [-0.1, -0.05) is 41.6 Å². The number of hydrazone groups is 1.